The molecule has 0 aliphatic carbocycles. The van der Waals surface area contributed by atoms with E-state index in [1.807, 2.05) is 22.9 Å². The van der Waals surface area contributed by atoms with Gasteiger partial charge >= 0.3 is 5.97 Å². The zero-order chi connectivity index (χ0) is 24.6. The monoisotopic (exact) mass is 466 g/mol. The molecule has 0 amide bonds. The summed E-state index contributed by atoms with van der Waals surface area (Å²) in [6.07, 6.45) is 7.36. The van der Waals surface area contributed by atoms with Crippen molar-refractivity contribution >= 4 is 5.97 Å². The largest absolute Gasteiger partial charge is 0.478 e. The lowest BCUT2D eigenvalue weighted by atomic mass is 10.0. The zero-order valence-electron chi connectivity index (χ0n) is 20.5. The van der Waals surface area contributed by atoms with Gasteiger partial charge in [-0.05, 0) is 24.1 Å². The number of aromatic nitrogens is 4. The molecular weight excluding hydrogens is 432 g/mol. The molecule has 8 nitrogen and oxygen atoms in total. The van der Waals surface area contributed by atoms with Crippen LogP contribution in [-0.4, -0.2) is 45.0 Å². The van der Waals surface area contributed by atoms with Gasteiger partial charge in [-0.1, -0.05) is 57.4 Å². The minimum atomic E-state index is -0.972. The van der Waals surface area contributed by atoms with Crippen molar-refractivity contribution in [1.29, 1.82) is 0 Å². The van der Waals surface area contributed by atoms with Gasteiger partial charge < -0.3 is 14.6 Å². The van der Waals surface area contributed by atoms with Crippen LogP contribution in [0.4, 0.5) is 0 Å². The van der Waals surface area contributed by atoms with Crippen LogP contribution in [0.3, 0.4) is 0 Å². The number of rotatable bonds is 13. The Kier molecular flexibility index (Phi) is 8.90. The SMILES string of the molecule is CCCCCc1nc(C(CCC)(OC)OC)nn1Cc1ccc(-c2ccccc2C(=O)O)nc1. The number of hydrogen-bond acceptors (Lipinski definition) is 6. The summed E-state index contributed by atoms with van der Waals surface area (Å²) in [5, 5.41) is 14.3. The molecule has 0 atom stereocenters. The summed E-state index contributed by atoms with van der Waals surface area (Å²) in [5.74, 6) is -0.522. The van der Waals surface area contributed by atoms with E-state index in [2.05, 4.69) is 18.8 Å². The standard InChI is InChI=1S/C26H34N4O4/c1-5-7-8-13-23-28-25(26(33-3,34-4)16-6-2)29-30(23)18-19-14-15-22(27-17-19)20-11-9-10-12-21(20)24(31)32/h9-12,14-15,17H,5-8,13,16,18H2,1-4H3,(H,31,32). The summed E-state index contributed by atoms with van der Waals surface area (Å²) in [7, 11) is 3.24. The van der Waals surface area contributed by atoms with Gasteiger partial charge in [0, 0.05) is 38.8 Å². The maximum Gasteiger partial charge on any atom is 0.336 e. The van der Waals surface area contributed by atoms with Gasteiger partial charge in [0.15, 0.2) is 0 Å². The second-order valence-corrected chi connectivity index (χ2v) is 8.28. The van der Waals surface area contributed by atoms with E-state index in [0.29, 0.717) is 30.0 Å². The number of carbonyl (C=O) groups is 1. The molecule has 0 aliphatic rings. The van der Waals surface area contributed by atoms with E-state index in [9.17, 15) is 9.90 Å². The molecular formula is C26H34N4O4. The van der Waals surface area contributed by atoms with Crippen LogP contribution < -0.4 is 0 Å². The average molecular weight is 467 g/mol. The second-order valence-electron chi connectivity index (χ2n) is 8.28. The molecule has 1 aromatic carbocycles. The average Bonchev–Trinajstić information content (AvgIpc) is 3.26. The van der Waals surface area contributed by atoms with Crippen molar-refractivity contribution in [2.75, 3.05) is 14.2 Å². The van der Waals surface area contributed by atoms with E-state index >= 15 is 0 Å². The summed E-state index contributed by atoms with van der Waals surface area (Å²) >= 11 is 0. The summed E-state index contributed by atoms with van der Waals surface area (Å²) in [4.78, 5) is 20.9. The van der Waals surface area contributed by atoms with E-state index in [-0.39, 0.29) is 5.56 Å². The molecule has 0 radical (unpaired) electrons. The highest BCUT2D eigenvalue weighted by Gasteiger charge is 2.36. The van der Waals surface area contributed by atoms with Gasteiger partial charge in [-0.3, -0.25) is 4.98 Å². The lowest BCUT2D eigenvalue weighted by Gasteiger charge is -2.27. The van der Waals surface area contributed by atoms with Crippen molar-refractivity contribution in [3.05, 3.63) is 65.4 Å². The molecule has 3 aromatic rings. The van der Waals surface area contributed by atoms with E-state index in [4.69, 9.17) is 19.6 Å². The first kappa shape index (κ1) is 25.5. The van der Waals surface area contributed by atoms with Crippen LogP contribution in [-0.2, 0) is 28.2 Å². The molecule has 34 heavy (non-hydrogen) atoms. The Bertz CT molecular complexity index is 1070. The Labute approximate surface area is 201 Å². The van der Waals surface area contributed by atoms with Crippen molar-refractivity contribution in [2.45, 2.75) is 64.7 Å². The lowest BCUT2D eigenvalue weighted by Crippen LogP contribution is -2.32. The summed E-state index contributed by atoms with van der Waals surface area (Å²) in [6.45, 7) is 4.74. The summed E-state index contributed by atoms with van der Waals surface area (Å²) in [5.41, 5.74) is 2.38. The first-order chi connectivity index (χ1) is 16.5. The first-order valence-electron chi connectivity index (χ1n) is 11.8. The number of benzene rings is 1. The minimum Gasteiger partial charge on any atom is -0.478 e. The maximum absolute atomic E-state index is 11.6. The first-order valence-corrected chi connectivity index (χ1v) is 11.8. The predicted molar refractivity (Wildman–Crippen MR) is 130 cm³/mol. The molecule has 1 N–H and O–H groups in total. The van der Waals surface area contributed by atoms with E-state index < -0.39 is 11.8 Å². The van der Waals surface area contributed by atoms with E-state index in [1.165, 1.54) is 0 Å². The number of hydrogen-bond donors (Lipinski definition) is 1. The van der Waals surface area contributed by atoms with Gasteiger partial charge in [-0.25, -0.2) is 14.5 Å². The number of aryl methyl sites for hydroxylation is 1. The minimum absolute atomic E-state index is 0.230. The quantitative estimate of drug-likeness (QED) is 0.277. The van der Waals surface area contributed by atoms with Crippen molar-refractivity contribution < 1.29 is 19.4 Å². The van der Waals surface area contributed by atoms with Crippen LogP contribution in [0.15, 0.2) is 42.6 Å². The molecule has 2 aromatic heterocycles. The topological polar surface area (TPSA) is 99.4 Å². The Balaban J connectivity index is 1.90. The number of carboxylic acid groups (broad SMARTS) is 1. The van der Waals surface area contributed by atoms with Gasteiger partial charge in [0.25, 0.3) is 0 Å². The molecule has 0 unspecified atom stereocenters. The third-order valence-corrected chi connectivity index (χ3v) is 5.92. The molecule has 2 heterocycles. The highest BCUT2D eigenvalue weighted by atomic mass is 16.7. The molecule has 0 spiro atoms. The molecule has 3 rings (SSSR count). The Morgan fingerprint density at radius 2 is 1.82 bits per heavy atom. The number of methoxy groups -OCH3 is 2. The van der Waals surface area contributed by atoms with Crippen molar-refractivity contribution in [2.24, 2.45) is 0 Å². The van der Waals surface area contributed by atoms with Crippen LogP contribution in [0.1, 0.15) is 73.5 Å². The molecule has 182 valence electrons. The number of carboxylic acids is 1. The third kappa shape index (κ3) is 5.69. The fourth-order valence-electron chi connectivity index (χ4n) is 4.03. The molecule has 0 bridgehead atoms. The highest BCUT2D eigenvalue weighted by Crippen LogP contribution is 2.29. The zero-order valence-corrected chi connectivity index (χ0v) is 20.5. The van der Waals surface area contributed by atoms with Crippen LogP contribution in [0.2, 0.25) is 0 Å². The summed E-state index contributed by atoms with van der Waals surface area (Å²) in [6, 6.07) is 10.7. The van der Waals surface area contributed by atoms with Crippen molar-refractivity contribution in [1.82, 2.24) is 19.7 Å². The van der Waals surface area contributed by atoms with E-state index in [0.717, 1.165) is 43.5 Å². The Hall–Kier alpha value is -3.10. The van der Waals surface area contributed by atoms with Crippen molar-refractivity contribution in [3.8, 4) is 11.3 Å². The molecule has 8 heteroatoms. The second kappa shape index (κ2) is 11.9. The number of aromatic carboxylic acids is 1. The predicted octanol–water partition coefficient (Wildman–Crippen LogP) is 5.07. The van der Waals surface area contributed by atoms with Gasteiger partial charge in [0.05, 0.1) is 17.8 Å². The highest BCUT2D eigenvalue weighted by molar-refractivity contribution is 5.95. The number of pyridine rings is 1. The molecule has 0 saturated carbocycles. The maximum atomic E-state index is 11.6. The van der Waals surface area contributed by atoms with Gasteiger partial charge in [-0.2, -0.15) is 0 Å². The van der Waals surface area contributed by atoms with Crippen LogP contribution in [0, 0.1) is 0 Å². The molecule has 0 saturated heterocycles. The Morgan fingerprint density at radius 1 is 1.06 bits per heavy atom. The Morgan fingerprint density at radius 3 is 2.44 bits per heavy atom. The third-order valence-electron chi connectivity index (χ3n) is 5.92. The summed E-state index contributed by atoms with van der Waals surface area (Å²) < 4.78 is 13.4. The van der Waals surface area contributed by atoms with Gasteiger partial charge in [0.1, 0.15) is 5.82 Å². The molecule has 0 fully saturated rings. The number of nitrogens with zero attached hydrogens (tertiary/aromatic N) is 4. The van der Waals surface area contributed by atoms with E-state index in [1.54, 1.807) is 38.6 Å². The van der Waals surface area contributed by atoms with Crippen LogP contribution >= 0.6 is 0 Å². The van der Waals surface area contributed by atoms with Crippen LogP contribution in [0.5, 0.6) is 0 Å². The van der Waals surface area contributed by atoms with Gasteiger partial charge in [-0.15, -0.1) is 5.10 Å². The van der Waals surface area contributed by atoms with Gasteiger partial charge in [0.2, 0.25) is 11.6 Å². The lowest BCUT2D eigenvalue weighted by molar-refractivity contribution is -0.225. The number of unbranched alkanes of at least 4 members (excludes halogenated alkanes) is 2. The fraction of sp³-hybridized carbons (Fsp3) is 0.462. The van der Waals surface area contributed by atoms with Crippen molar-refractivity contribution in [3.63, 3.8) is 0 Å². The smallest absolute Gasteiger partial charge is 0.336 e. The molecule has 0 aliphatic heterocycles. The fourth-order valence-corrected chi connectivity index (χ4v) is 4.03. The normalized spacial score (nSPS) is 11.6. The number of ether oxygens (including phenoxy) is 2. The van der Waals surface area contributed by atoms with Crippen LogP contribution in [0.25, 0.3) is 11.3 Å².